The summed E-state index contributed by atoms with van der Waals surface area (Å²) in [6.45, 7) is 10.3. The van der Waals surface area contributed by atoms with Gasteiger partial charge in [0.1, 0.15) is 10.6 Å². The van der Waals surface area contributed by atoms with Crippen molar-refractivity contribution in [2.75, 3.05) is 5.75 Å². The fourth-order valence-corrected chi connectivity index (χ4v) is 5.29. The van der Waals surface area contributed by atoms with Gasteiger partial charge in [0.2, 0.25) is 5.91 Å². The van der Waals surface area contributed by atoms with Gasteiger partial charge in [0.05, 0.1) is 17.2 Å². The van der Waals surface area contributed by atoms with E-state index in [-0.39, 0.29) is 35.0 Å². The van der Waals surface area contributed by atoms with E-state index < -0.39 is 0 Å². The van der Waals surface area contributed by atoms with Crippen LogP contribution in [0.4, 0.5) is 4.39 Å². The van der Waals surface area contributed by atoms with Crippen molar-refractivity contribution >= 4 is 39.2 Å². The number of rotatable bonds is 7. The maximum Gasteiger partial charge on any atom is 0.263 e. The Bertz CT molecular complexity index is 1120. The molecule has 0 saturated heterocycles. The van der Waals surface area contributed by atoms with Gasteiger partial charge in [0.15, 0.2) is 5.16 Å². The molecule has 0 aliphatic rings. The minimum Gasteiger partial charge on any atom is -0.348 e. The fraction of sp³-hybridized carbons (Fsp3) is 0.409. The molecule has 0 aliphatic carbocycles. The van der Waals surface area contributed by atoms with Gasteiger partial charge in [-0.3, -0.25) is 14.2 Å². The minimum atomic E-state index is -0.304. The predicted molar refractivity (Wildman–Crippen MR) is 122 cm³/mol. The van der Waals surface area contributed by atoms with Gasteiger partial charge in [-0.05, 0) is 49.9 Å². The van der Waals surface area contributed by atoms with Crippen LogP contribution < -0.4 is 10.9 Å². The number of halogens is 1. The van der Waals surface area contributed by atoms with Crippen LogP contribution in [-0.4, -0.2) is 21.2 Å². The molecule has 8 heteroatoms. The van der Waals surface area contributed by atoms with E-state index in [0.717, 1.165) is 16.0 Å². The lowest BCUT2D eigenvalue weighted by Gasteiger charge is -2.23. The number of hydrogen-bond donors (Lipinski definition) is 1. The first-order valence-electron chi connectivity index (χ1n) is 9.91. The molecule has 0 radical (unpaired) electrons. The van der Waals surface area contributed by atoms with Gasteiger partial charge in [0, 0.05) is 11.4 Å². The number of amides is 1. The fourth-order valence-electron chi connectivity index (χ4n) is 3.35. The average Bonchev–Trinajstić information content (AvgIpc) is 2.99. The van der Waals surface area contributed by atoms with Gasteiger partial charge in [-0.1, -0.05) is 37.7 Å². The first-order chi connectivity index (χ1) is 14.2. The Morgan fingerprint density at radius 2 is 1.93 bits per heavy atom. The topological polar surface area (TPSA) is 64.0 Å². The third-order valence-electron chi connectivity index (χ3n) is 5.11. The first kappa shape index (κ1) is 22.5. The summed E-state index contributed by atoms with van der Waals surface area (Å²) in [6.07, 6.45) is 0. The van der Waals surface area contributed by atoms with Gasteiger partial charge in [-0.2, -0.15) is 0 Å². The Morgan fingerprint density at radius 1 is 1.27 bits per heavy atom. The summed E-state index contributed by atoms with van der Waals surface area (Å²) < 4.78 is 14.9. The molecule has 1 atom stereocenters. The summed E-state index contributed by atoms with van der Waals surface area (Å²) in [6, 6.07) is 5.97. The van der Waals surface area contributed by atoms with Crippen molar-refractivity contribution < 1.29 is 9.18 Å². The molecule has 1 unspecified atom stereocenters. The molecule has 5 nitrogen and oxygen atoms in total. The van der Waals surface area contributed by atoms with E-state index in [1.807, 2.05) is 34.6 Å². The van der Waals surface area contributed by atoms with Crippen molar-refractivity contribution in [3.8, 4) is 0 Å². The highest BCUT2D eigenvalue weighted by Crippen LogP contribution is 2.28. The Balaban J connectivity index is 1.79. The van der Waals surface area contributed by atoms with Crippen molar-refractivity contribution in [3.63, 3.8) is 0 Å². The molecule has 160 valence electrons. The summed E-state index contributed by atoms with van der Waals surface area (Å²) in [5, 5.41) is 4.25. The molecular weight excluding hydrogens is 421 g/mol. The number of nitrogens with zero attached hydrogens (tertiary/aromatic N) is 2. The Morgan fingerprint density at radius 3 is 2.53 bits per heavy atom. The van der Waals surface area contributed by atoms with Crippen LogP contribution in [0.15, 0.2) is 34.2 Å². The molecular formula is C22H26FN3O2S2. The Hall–Kier alpha value is -2.19. The molecule has 0 fully saturated rings. The molecule has 1 N–H and O–H groups in total. The standard InChI is InChI=1S/C22H26FN3O2S2/c1-6-26-21(28)18-13(4)14(5)30-20(18)25-22(26)29-11-17(27)24-19(12(2)3)15-7-9-16(23)10-8-15/h7-10,12,19H,6,11H2,1-5H3,(H,24,27). The summed E-state index contributed by atoms with van der Waals surface area (Å²) in [5.41, 5.74) is 1.78. The molecule has 1 amide bonds. The molecule has 0 bridgehead atoms. The lowest BCUT2D eigenvalue weighted by Crippen LogP contribution is -2.33. The van der Waals surface area contributed by atoms with Crippen molar-refractivity contribution in [1.82, 2.24) is 14.9 Å². The van der Waals surface area contributed by atoms with E-state index in [4.69, 9.17) is 0 Å². The van der Waals surface area contributed by atoms with Crippen LogP contribution in [0.2, 0.25) is 0 Å². The van der Waals surface area contributed by atoms with Crippen LogP contribution in [0, 0.1) is 25.6 Å². The highest BCUT2D eigenvalue weighted by atomic mass is 32.2. The minimum absolute atomic E-state index is 0.0568. The smallest absolute Gasteiger partial charge is 0.263 e. The first-order valence-corrected chi connectivity index (χ1v) is 11.7. The lowest BCUT2D eigenvalue weighted by molar-refractivity contribution is -0.119. The van der Waals surface area contributed by atoms with E-state index >= 15 is 0 Å². The SMILES string of the molecule is CCn1c(SCC(=O)NC(c2ccc(F)cc2)C(C)C)nc2sc(C)c(C)c2c1=O. The molecule has 2 heterocycles. The van der Waals surface area contributed by atoms with Gasteiger partial charge in [-0.15, -0.1) is 11.3 Å². The quantitative estimate of drug-likeness (QED) is 0.416. The number of aromatic nitrogens is 2. The number of aryl methyl sites for hydroxylation is 2. The van der Waals surface area contributed by atoms with E-state index in [2.05, 4.69) is 10.3 Å². The van der Waals surface area contributed by atoms with Crippen molar-refractivity contribution in [3.05, 3.63) is 56.4 Å². The van der Waals surface area contributed by atoms with E-state index in [1.165, 1.54) is 35.2 Å². The maximum absolute atomic E-state index is 13.2. The molecule has 30 heavy (non-hydrogen) atoms. The highest BCUT2D eigenvalue weighted by molar-refractivity contribution is 7.99. The summed E-state index contributed by atoms with van der Waals surface area (Å²) >= 11 is 2.77. The normalized spacial score (nSPS) is 12.5. The lowest BCUT2D eigenvalue weighted by atomic mass is 9.96. The third-order valence-corrected chi connectivity index (χ3v) is 7.19. The zero-order chi connectivity index (χ0) is 22.0. The third kappa shape index (κ3) is 4.59. The van der Waals surface area contributed by atoms with Crippen molar-refractivity contribution in [2.24, 2.45) is 5.92 Å². The maximum atomic E-state index is 13.2. The average molecular weight is 448 g/mol. The molecule has 0 spiro atoms. The number of benzene rings is 1. The Kier molecular flexibility index (Phi) is 6.98. The number of carbonyl (C=O) groups is 1. The van der Waals surface area contributed by atoms with Crippen LogP contribution in [0.1, 0.15) is 42.8 Å². The monoisotopic (exact) mass is 447 g/mol. The number of hydrogen-bond acceptors (Lipinski definition) is 5. The molecule has 0 aliphatic heterocycles. The van der Waals surface area contributed by atoms with Crippen LogP contribution in [0.3, 0.4) is 0 Å². The second-order valence-corrected chi connectivity index (χ2v) is 9.68. The second-order valence-electron chi connectivity index (χ2n) is 7.54. The van der Waals surface area contributed by atoms with Crippen LogP contribution in [0.25, 0.3) is 10.2 Å². The molecule has 3 rings (SSSR count). The largest absolute Gasteiger partial charge is 0.348 e. The molecule has 2 aromatic heterocycles. The summed E-state index contributed by atoms with van der Waals surface area (Å²) in [4.78, 5) is 32.0. The van der Waals surface area contributed by atoms with Gasteiger partial charge in [0.25, 0.3) is 5.56 Å². The summed E-state index contributed by atoms with van der Waals surface area (Å²) in [7, 11) is 0. The number of thiophene rings is 1. The summed E-state index contributed by atoms with van der Waals surface area (Å²) in [5.74, 6) is -0.171. The van der Waals surface area contributed by atoms with Gasteiger partial charge in [-0.25, -0.2) is 9.37 Å². The molecule has 3 aromatic rings. The Labute approximate surface area is 183 Å². The zero-order valence-corrected chi connectivity index (χ0v) is 19.4. The van der Waals surface area contributed by atoms with Crippen molar-refractivity contribution in [1.29, 1.82) is 0 Å². The van der Waals surface area contributed by atoms with E-state index in [9.17, 15) is 14.0 Å². The number of nitrogens with one attached hydrogen (secondary N) is 1. The van der Waals surface area contributed by atoms with E-state index in [0.29, 0.717) is 21.9 Å². The second kappa shape index (κ2) is 9.31. The van der Waals surface area contributed by atoms with Crippen LogP contribution in [-0.2, 0) is 11.3 Å². The molecule has 1 aromatic carbocycles. The van der Waals surface area contributed by atoms with Gasteiger partial charge < -0.3 is 5.32 Å². The van der Waals surface area contributed by atoms with Crippen LogP contribution >= 0.6 is 23.1 Å². The van der Waals surface area contributed by atoms with Crippen LogP contribution in [0.5, 0.6) is 0 Å². The van der Waals surface area contributed by atoms with Gasteiger partial charge >= 0.3 is 0 Å². The number of carbonyl (C=O) groups excluding carboxylic acids is 1. The zero-order valence-electron chi connectivity index (χ0n) is 17.8. The van der Waals surface area contributed by atoms with E-state index in [1.54, 1.807) is 16.7 Å². The van der Waals surface area contributed by atoms with Crippen molar-refractivity contribution in [2.45, 2.75) is 52.4 Å². The highest BCUT2D eigenvalue weighted by Gasteiger charge is 2.20. The number of thioether (sulfide) groups is 1. The predicted octanol–water partition coefficient (Wildman–Crippen LogP) is 4.84. The number of fused-ring (bicyclic) bond motifs is 1. The molecule has 0 saturated carbocycles.